The Morgan fingerprint density at radius 2 is 1.60 bits per heavy atom. The second kappa shape index (κ2) is 12.0. The van der Waals surface area contributed by atoms with E-state index in [1.165, 1.54) is 0 Å². The first-order valence-corrected chi connectivity index (χ1v) is 12.5. The Labute approximate surface area is 216 Å². The molecule has 1 atom stereocenters. The number of hydrogen-bond donors (Lipinski definition) is 1. The fourth-order valence-electron chi connectivity index (χ4n) is 3.99. The van der Waals surface area contributed by atoms with Gasteiger partial charge in [0.15, 0.2) is 6.61 Å². The van der Waals surface area contributed by atoms with Crippen LogP contribution in [0.4, 0.5) is 0 Å². The molecule has 0 aliphatic rings. The molecule has 5 nitrogen and oxygen atoms in total. The van der Waals surface area contributed by atoms with Crippen molar-refractivity contribution < 1.29 is 14.3 Å². The van der Waals surface area contributed by atoms with E-state index in [0.29, 0.717) is 12.2 Å². The van der Waals surface area contributed by atoms with Crippen molar-refractivity contribution in [1.29, 1.82) is 0 Å². The molecule has 6 heteroatoms. The molecule has 3 aromatic rings. The zero-order valence-electron chi connectivity index (χ0n) is 20.8. The second-order valence-corrected chi connectivity index (χ2v) is 10.4. The van der Waals surface area contributed by atoms with Gasteiger partial charge in [-0.25, -0.2) is 0 Å². The van der Waals surface area contributed by atoms with Crippen LogP contribution in [0.5, 0.6) is 5.75 Å². The number of hydrogen-bond acceptors (Lipinski definition) is 3. The highest BCUT2D eigenvalue weighted by Gasteiger charge is 2.30. The molecule has 0 saturated heterocycles. The van der Waals surface area contributed by atoms with E-state index in [4.69, 9.17) is 4.74 Å². The predicted octanol–water partition coefficient (Wildman–Crippen LogP) is 5.51. The van der Waals surface area contributed by atoms with Crippen LogP contribution >= 0.6 is 15.9 Å². The molecule has 0 radical (unpaired) electrons. The standard InChI is InChI=1S/C29H33BrN2O3/c1-29(2,3)24-15-8-9-16-26(24)35-20-27(33)32(19-22-13-10-14-23(30)17-22)25(28(34)31-4)18-21-11-6-5-7-12-21/h5-17,25H,18-20H2,1-4H3,(H,31,34). The van der Waals surface area contributed by atoms with Gasteiger partial charge in [0.05, 0.1) is 0 Å². The van der Waals surface area contributed by atoms with Gasteiger partial charge < -0.3 is 15.0 Å². The van der Waals surface area contributed by atoms with E-state index in [-0.39, 0.29) is 30.4 Å². The Balaban J connectivity index is 1.91. The fraction of sp³-hybridized carbons (Fsp3) is 0.310. The molecule has 184 valence electrons. The van der Waals surface area contributed by atoms with Crippen LogP contribution in [0.1, 0.15) is 37.5 Å². The molecule has 0 heterocycles. The summed E-state index contributed by atoms with van der Waals surface area (Å²) < 4.78 is 6.96. The van der Waals surface area contributed by atoms with Gasteiger partial charge in [0.1, 0.15) is 11.8 Å². The van der Waals surface area contributed by atoms with Gasteiger partial charge >= 0.3 is 0 Å². The Morgan fingerprint density at radius 1 is 0.943 bits per heavy atom. The Kier molecular flexibility index (Phi) is 9.10. The number of ether oxygens (including phenoxy) is 1. The lowest BCUT2D eigenvalue weighted by Gasteiger charge is -2.31. The second-order valence-electron chi connectivity index (χ2n) is 9.51. The molecular formula is C29H33BrN2O3. The summed E-state index contributed by atoms with van der Waals surface area (Å²) in [7, 11) is 1.60. The van der Waals surface area contributed by atoms with Crippen molar-refractivity contribution in [2.24, 2.45) is 0 Å². The zero-order chi connectivity index (χ0) is 25.4. The first-order chi connectivity index (χ1) is 16.7. The van der Waals surface area contributed by atoms with Gasteiger partial charge in [-0.2, -0.15) is 0 Å². The molecule has 0 aromatic heterocycles. The molecule has 0 fully saturated rings. The largest absolute Gasteiger partial charge is 0.483 e. The summed E-state index contributed by atoms with van der Waals surface area (Å²) in [6.07, 6.45) is 0.402. The number of halogens is 1. The van der Waals surface area contributed by atoms with Crippen molar-refractivity contribution in [2.75, 3.05) is 13.7 Å². The summed E-state index contributed by atoms with van der Waals surface area (Å²) >= 11 is 3.50. The molecule has 0 spiro atoms. The number of nitrogens with zero attached hydrogens (tertiary/aromatic N) is 1. The summed E-state index contributed by atoms with van der Waals surface area (Å²) in [6.45, 7) is 6.45. The van der Waals surface area contributed by atoms with Gasteiger partial charge in [-0.3, -0.25) is 9.59 Å². The molecule has 35 heavy (non-hydrogen) atoms. The van der Waals surface area contributed by atoms with E-state index in [1.54, 1.807) is 11.9 Å². The van der Waals surface area contributed by atoms with Crippen molar-refractivity contribution in [2.45, 2.75) is 45.2 Å². The van der Waals surface area contributed by atoms with Crippen molar-refractivity contribution in [1.82, 2.24) is 10.2 Å². The van der Waals surface area contributed by atoms with Crippen LogP contribution in [0.25, 0.3) is 0 Å². The maximum atomic E-state index is 13.6. The molecule has 1 unspecified atom stereocenters. The minimum atomic E-state index is -0.685. The smallest absolute Gasteiger partial charge is 0.261 e. The topological polar surface area (TPSA) is 58.6 Å². The summed E-state index contributed by atoms with van der Waals surface area (Å²) in [5.74, 6) is 0.209. The number of carbonyl (C=O) groups is 2. The number of amides is 2. The number of para-hydroxylation sites is 1. The molecule has 1 N–H and O–H groups in total. The number of nitrogens with one attached hydrogen (secondary N) is 1. The predicted molar refractivity (Wildman–Crippen MR) is 143 cm³/mol. The van der Waals surface area contributed by atoms with E-state index in [1.807, 2.05) is 78.9 Å². The molecule has 0 aliphatic carbocycles. The first-order valence-electron chi connectivity index (χ1n) is 11.7. The van der Waals surface area contributed by atoms with E-state index >= 15 is 0 Å². The van der Waals surface area contributed by atoms with Crippen LogP contribution < -0.4 is 10.1 Å². The minimum Gasteiger partial charge on any atom is -0.483 e. The lowest BCUT2D eigenvalue weighted by Crippen LogP contribution is -2.51. The zero-order valence-corrected chi connectivity index (χ0v) is 22.3. The van der Waals surface area contributed by atoms with Crippen LogP contribution in [0.15, 0.2) is 83.3 Å². The highest BCUT2D eigenvalue weighted by molar-refractivity contribution is 9.10. The maximum absolute atomic E-state index is 13.6. The van der Waals surface area contributed by atoms with Gasteiger partial charge in [-0.15, -0.1) is 0 Å². The van der Waals surface area contributed by atoms with Crippen molar-refractivity contribution in [3.8, 4) is 5.75 Å². The third kappa shape index (κ3) is 7.43. The van der Waals surface area contributed by atoms with Crippen molar-refractivity contribution in [3.05, 3.63) is 100 Å². The van der Waals surface area contributed by atoms with E-state index in [0.717, 1.165) is 21.2 Å². The van der Waals surface area contributed by atoms with E-state index in [2.05, 4.69) is 42.0 Å². The maximum Gasteiger partial charge on any atom is 0.261 e. The van der Waals surface area contributed by atoms with Gasteiger partial charge in [-0.1, -0.05) is 97.4 Å². The molecule has 0 saturated carbocycles. The van der Waals surface area contributed by atoms with Crippen LogP contribution in [0.2, 0.25) is 0 Å². The molecule has 0 bridgehead atoms. The average molecular weight is 537 g/mol. The highest BCUT2D eigenvalue weighted by Crippen LogP contribution is 2.31. The molecular weight excluding hydrogens is 504 g/mol. The monoisotopic (exact) mass is 536 g/mol. The average Bonchev–Trinajstić information content (AvgIpc) is 2.84. The van der Waals surface area contributed by atoms with Crippen LogP contribution in [0.3, 0.4) is 0 Å². The van der Waals surface area contributed by atoms with Gasteiger partial charge in [0, 0.05) is 24.5 Å². The number of benzene rings is 3. The lowest BCUT2D eigenvalue weighted by atomic mass is 9.86. The molecule has 3 rings (SSSR count). The number of rotatable bonds is 9. The summed E-state index contributed by atoms with van der Waals surface area (Å²) in [6, 6.07) is 24.6. The molecule has 3 aromatic carbocycles. The van der Waals surface area contributed by atoms with E-state index < -0.39 is 6.04 Å². The quantitative estimate of drug-likeness (QED) is 0.392. The van der Waals surface area contributed by atoms with E-state index in [9.17, 15) is 9.59 Å². The van der Waals surface area contributed by atoms with Crippen molar-refractivity contribution >= 4 is 27.7 Å². The van der Waals surface area contributed by atoms with Gasteiger partial charge in [0.2, 0.25) is 5.91 Å². The Hall–Kier alpha value is -3.12. The van der Waals surface area contributed by atoms with Crippen LogP contribution in [0, 0.1) is 0 Å². The third-order valence-corrected chi connectivity index (χ3v) is 6.30. The van der Waals surface area contributed by atoms with Gasteiger partial charge in [-0.05, 0) is 40.3 Å². The molecule has 2 amide bonds. The number of likely N-dealkylation sites (N-methyl/N-ethyl adjacent to an activating group) is 1. The highest BCUT2D eigenvalue weighted by atomic mass is 79.9. The third-order valence-electron chi connectivity index (χ3n) is 5.81. The van der Waals surface area contributed by atoms with Gasteiger partial charge in [0.25, 0.3) is 5.91 Å². The Bertz CT molecular complexity index is 1140. The molecule has 0 aliphatic heterocycles. The first kappa shape index (κ1) is 26.5. The Morgan fingerprint density at radius 3 is 2.26 bits per heavy atom. The summed E-state index contributed by atoms with van der Waals surface area (Å²) in [4.78, 5) is 28.3. The van der Waals surface area contributed by atoms with Crippen LogP contribution in [-0.2, 0) is 28.0 Å². The minimum absolute atomic E-state index is 0.131. The van der Waals surface area contributed by atoms with Crippen LogP contribution in [-0.4, -0.2) is 36.4 Å². The summed E-state index contributed by atoms with van der Waals surface area (Å²) in [5.41, 5.74) is 2.79. The van der Waals surface area contributed by atoms with Crippen molar-refractivity contribution in [3.63, 3.8) is 0 Å². The fourth-order valence-corrected chi connectivity index (χ4v) is 4.43. The lowest BCUT2D eigenvalue weighted by molar-refractivity contribution is -0.142. The SMILES string of the molecule is CNC(=O)C(Cc1ccccc1)N(Cc1cccc(Br)c1)C(=O)COc1ccccc1C(C)(C)C. The number of carbonyl (C=O) groups excluding carboxylic acids is 2. The normalized spacial score (nSPS) is 12.0. The summed E-state index contributed by atoms with van der Waals surface area (Å²) in [5, 5.41) is 2.74.